The van der Waals surface area contributed by atoms with Gasteiger partial charge in [-0.3, -0.25) is 24.1 Å². The van der Waals surface area contributed by atoms with Gasteiger partial charge in [0, 0.05) is 52.5 Å². The molecule has 5 N–H and O–H groups in total. The molecule has 0 aromatic heterocycles. The Balaban J connectivity index is 4.66. The number of rotatable bonds is 17. The fourth-order valence-electron chi connectivity index (χ4n) is 2.61. The van der Waals surface area contributed by atoms with Crippen LogP contribution in [0.4, 0.5) is 0 Å². The van der Waals surface area contributed by atoms with Gasteiger partial charge < -0.3 is 44.9 Å². The van der Waals surface area contributed by atoms with Gasteiger partial charge in [-0.05, 0) is 0 Å². The zero-order chi connectivity index (χ0) is 29.6. The number of carbonyl (C=O) groups is 6. The monoisotopic (exact) mass is 578 g/mol. The summed E-state index contributed by atoms with van der Waals surface area (Å²) in [5, 5.41) is 27.4. The maximum absolute atomic E-state index is 12.1. The molecule has 0 aromatic carbocycles. The summed E-state index contributed by atoms with van der Waals surface area (Å²) in [5.41, 5.74) is 0. The topological polar surface area (TPSA) is 235 Å². The second-order valence-electron chi connectivity index (χ2n) is 7.39. The molecule has 0 aliphatic heterocycles. The summed E-state index contributed by atoms with van der Waals surface area (Å²) in [6.45, 7) is 1.77. The minimum absolute atomic E-state index is 0.00489. The Labute approximate surface area is 226 Å². The standard InChI is InChI=1S/C21H35N6O11P/c1-35-20(33)18(31)24-7-10-27(11-8-25-19(32)21(34)36-2)9-6-23-16(29)17(30)26-13-15(14-28)38-39(3)37-12-4-5-22/h15,28H,4,6-14H2,1-3H3,(H,23,29)(H,24,31)(H,25,32)(H,26,30). The zero-order valence-corrected chi connectivity index (χ0v) is 22.9. The number of aliphatic hydroxyl groups excluding tert-OH is 1. The van der Waals surface area contributed by atoms with Gasteiger partial charge in [0.2, 0.25) is 0 Å². The molecule has 220 valence electrons. The summed E-state index contributed by atoms with van der Waals surface area (Å²) in [4.78, 5) is 71.4. The number of amides is 4. The molecule has 0 bridgehead atoms. The van der Waals surface area contributed by atoms with Crippen molar-refractivity contribution in [2.45, 2.75) is 12.5 Å². The average Bonchev–Trinajstić information content (AvgIpc) is 2.93. The van der Waals surface area contributed by atoms with Crippen LogP contribution in [0.3, 0.4) is 0 Å². The molecule has 0 aliphatic rings. The highest BCUT2D eigenvalue weighted by Gasteiger charge is 2.19. The van der Waals surface area contributed by atoms with Crippen LogP contribution in [0.2, 0.25) is 0 Å². The van der Waals surface area contributed by atoms with Crippen molar-refractivity contribution in [3.05, 3.63) is 0 Å². The Bertz CT molecular complexity index is 836. The molecule has 0 heterocycles. The maximum atomic E-state index is 12.1. The van der Waals surface area contributed by atoms with Crippen molar-refractivity contribution in [3.63, 3.8) is 0 Å². The first kappa shape index (κ1) is 35.6. The van der Waals surface area contributed by atoms with Gasteiger partial charge in [0.1, 0.15) is 6.10 Å². The third kappa shape index (κ3) is 16.9. The zero-order valence-electron chi connectivity index (χ0n) is 22.0. The summed E-state index contributed by atoms with van der Waals surface area (Å²) in [6, 6.07) is 1.92. The summed E-state index contributed by atoms with van der Waals surface area (Å²) in [5.74, 6) is -5.95. The Morgan fingerprint density at radius 1 is 0.846 bits per heavy atom. The second kappa shape index (κ2) is 21.5. The molecule has 0 aliphatic carbocycles. The van der Waals surface area contributed by atoms with E-state index in [4.69, 9.17) is 14.3 Å². The number of nitriles is 1. The number of nitrogens with zero attached hydrogens (tertiary/aromatic N) is 2. The summed E-state index contributed by atoms with van der Waals surface area (Å²) in [7, 11) is 0.715. The fourth-order valence-corrected chi connectivity index (χ4v) is 3.58. The largest absolute Gasteiger partial charge is 0.462 e. The quantitative estimate of drug-likeness (QED) is 0.0485. The van der Waals surface area contributed by atoms with E-state index in [1.165, 1.54) is 0 Å². The summed E-state index contributed by atoms with van der Waals surface area (Å²) < 4.78 is 19.4. The van der Waals surface area contributed by atoms with E-state index in [9.17, 15) is 33.9 Å². The molecule has 4 amide bonds. The molecule has 0 saturated heterocycles. The van der Waals surface area contributed by atoms with Gasteiger partial charge in [0.25, 0.3) is 0 Å². The molecule has 2 unspecified atom stereocenters. The van der Waals surface area contributed by atoms with E-state index in [1.54, 1.807) is 11.6 Å². The first-order valence-electron chi connectivity index (χ1n) is 11.6. The highest BCUT2D eigenvalue weighted by Crippen LogP contribution is 2.34. The van der Waals surface area contributed by atoms with Crippen LogP contribution in [-0.2, 0) is 47.3 Å². The Morgan fingerprint density at radius 2 is 1.31 bits per heavy atom. The summed E-state index contributed by atoms with van der Waals surface area (Å²) in [6.07, 6.45) is -0.644. The third-order valence-electron chi connectivity index (χ3n) is 4.57. The van der Waals surface area contributed by atoms with Crippen molar-refractivity contribution in [2.75, 3.05) is 79.9 Å². The highest BCUT2D eigenvalue weighted by molar-refractivity contribution is 7.46. The van der Waals surface area contributed by atoms with Crippen LogP contribution >= 0.6 is 8.38 Å². The van der Waals surface area contributed by atoms with Crippen molar-refractivity contribution in [1.29, 1.82) is 5.26 Å². The third-order valence-corrected chi connectivity index (χ3v) is 5.71. The molecule has 0 saturated carbocycles. The lowest BCUT2D eigenvalue weighted by Gasteiger charge is -2.23. The van der Waals surface area contributed by atoms with E-state index in [1.807, 2.05) is 6.07 Å². The molecule has 0 fully saturated rings. The molecular formula is C21H35N6O11P. The molecule has 0 radical (unpaired) electrons. The number of hydrogen-bond acceptors (Lipinski definition) is 13. The van der Waals surface area contributed by atoms with Crippen molar-refractivity contribution in [1.82, 2.24) is 26.2 Å². The predicted molar refractivity (Wildman–Crippen MR) is 133 cm³/mol. The number of hydrogen-bond donors (Lipinski definition) is 5. The van der Waals surface area contributed by atoms with E-state index in [0.29, 0.717) is 0 Å². The number of carbonyl (C=O) groups excluding carboxylic acids is 6. The van der Waals surface area contributed by atoms with Crippen LogP contribution in [-0.4, -0.2) is 132 Å². The van der Waals surface area contributed by atoms with E-state index in [0.717, 1.165) is 14.2 Å². The number of ether oxygens (including phenoxy) is 2. The van der Waals surface area contributed by atoms with E-state index in [2.05, 4.69) is 30.7 Å². The molecule has 2 atom stereocenters. The minimum atomic E-state index is -1.40. The van der Waals surface area contributed by atoms with Crippen LogP contribution in [0, 0.1) is 11.3 Å². The Kier molecular flexibility index (Phi) is 19.6. The van der Waals surface area contributed by atoms with Gasteiger partial charge in [0.05, 0.1) is 39.9 Å². The van der Waals surface area contributed by atoms with Crippen molar-refractivity contribution >= 4 is 43.9 Å². The number of nitrogens with one attached hydrogen (secondary N) is 4. The first-order chi connectivity index (χ1) is 18.6. The lowest BCUT2D eigenvalue weighted by Crippen LogP contribution is -2.47. The molecule has 18 heteroatoms. The van der Waals surface area contributed by atoms with Gasteiger partial charge in [-0.25, -0.2) is 9.59 Å². The molecule has 0 spiro atoms. The van der Waals surface area contributed by atoms with Crippen molar-refractivity contribution in [2.24, 2.45) is 0 Å². The van der Waals surface area contributed by atoms with Gasteiger partial charge >= 0.3 is 35.6 Å². The maximum Gasteiger partial charge on any atom is 0.396 e. The second-order valence-corrected chi connectivity index (χ2v) is 8.74. The van der Waals surface area contributed by atoms with Crippen LogP contribution in [0.15, 0.2) is 0 Å². The van der Waals surface area contributed by atoms with E-state index in [-0.39, 0.29) is 58.8 Å². The van der Waals surface area contributed by atoms with E-state index >= 15 is 0 Å². The Morgan fingerprint density at radius 3 is 1.74 bits per heavy atom. The first-order valence-corrected chi connectivity index (χ1v) is 13.2. The molecular weight excluding hydrogens is 543 g/mol. The molecule has 0 rings (SSSR count). The predicted octanol–water partition coefficient (Wildman–Crippen LogP) is -3.65. The average molecular weight is 579 g/mol. The number of aliphatic hydroxyl groups is 1. The number of methoxy groups -OCH3 is 2. The van der Waals surface area contributed by atoms with Crippen molar-refractivity contribution in [3.8, 4) is 6.07 Å². The summed E-state index contributed by atoms with van der Waals surface area (Å²) >= 11 is 0. The van der Waals surface area contributed by atoms with Crippen LogP contribution in [0.1, 0.15) is 6.42 Å². The lowest BCUT2D eigenvalue weighted by molar-refractivity contribution is -0.152. The van der Waals surface area contributed by atoms with Gasteiger partial charge in [-0.2, -0.15) is 5.26 Å². The van der Waals surface area contributed by atoms with E-state index < -0.39 is 56.7 Å². The SMILES string of the molecule is COC(=O)C(=O)NCCN(CCNC(=O)C(=O)NCC(CO)OP(C)OCCC#N)CCNC(=O)C(=O)OC. The normalized spacial score (nSPS) is 11.9. The molecule has 39 heavy (non-hydrogen) atoms. The highest BCUT2D eigenvalue weighted by atomic mass is 31.2. The fraction of sp³-hybridized carbons (Fsp3) is 0.667. The Hall–Kier alpha value is -3.42. The molecule has 0 aromatic rings. The molecule has 17 nitrogen and oxygen atoms in total. The number of esters is 2. The minimum Gasteiger partial charge on any atom is -0.462 e. The van der Waals surface area contributed by atoms with Gasteiger partial charge in [-0.1, -0.05) is 0 Å². The smallest absolute Gasteiger partial charge is 0.396 e. The van der Waals surface area contributed by atoms with Crippen LogP contribution < -0.4 is 21.3 Å². The van der Waals surface area contributed by atoms with Crippen molar-refractivity contribution < 1.29 is 52.4 Å². The van der Waals surface area contributed by atoms with Crippen LogP contribution in [0.25, 0.3) is 0 Å². The van der Waals surface area contributed by atoms with Gasteiger partial charge in [-0.15, -0.1) is 0 Å². The van der Waals surface area contributed by atoms with Gasteiger partial charge in [0.15, 0.2) is 8.38 Å². The lowest BCUT2D eigenvalue weighted by atomic mass is 10.3. The van der Waals surface area contributed by atoms with Crippen LogP contribution in [0.5, 0.6) is 0 Å².